The van der Waals surface area contributed by atoms with E-state index in [9.17, 15) is 0 Å². The maximum Gasteiger partial charge on any atom is 0.231 e. The van der Waals surface area contributed by atoms with E-state index in [1.54, 1.807) is 12.3 Å². The van der Waals surface area contributed by atoms with Gasteiger partial charge in [-0.2, -0.15) is 5.10 Å². The molecule has 1 aliphatic heterocycles. The van der Waals surface area contributed by atoms with Gasteiger partial charge in [0.15, 0.2) is 16.6 Å². The quantitative estimate of drug-likeness (QED) is 0.379. The molecule has 0 aromatic heterocycles. The Hall–Kier alpha value is -1.53. The maximum atomic E-state index is 6.08. The SMILES string of the molecule is CCCCNC(=S)N/N=C\c1cc(Cl)c2c(c1)OCO2. The Bertz CT molecular complexity index is 523. The van der Waals surface area contributed by atoms with Crippen LogP contribution in [-0.4, -0.2) is 24.7 Å². The van der Waals surface area contributed by atoms with E-state index >= 15 is 0 Å². The van der Waals surface area contributed by atoms with Crippen LogP contribution in [0.5, 0.6) is 11.5 Å². The molecule has 0 bridgehead atoms. The number of hydrogen-bond donors (Lipinski definition) is 2. The van der Waals surface area contributed by atoms with Crippen LogP contribution in [0.4, 0.5) is 0 Å². The number of fused-ring (bicyclic) bond motifs is 1. The van der Waals surface area contributed by atoms with E-state index in [2.05, 4.69) is 22.8 Å². The molecule has 0 fully saturated rings. The Morgan fingerprint density at radius 1 is 1.50 bits per heavy atom. The van der Waals surface area contributed by atoms with Crippen LogP contribution in [0.3, 0.4) is 0 Å². The molecule has 0 unspecified atom stereocenters. The molecule has 1 aromatic rings. The fraction of sp³-hybridized carbons (Fsp3) is 0.385. The van der Waals surface area contributed by atoms with Crippen LogP contribution in [0.1, 0.15) is 25.3 Å². The molecule has 108 valence electrons. The molecule has 1 aliphatic rings. The first-order valence-corrected chi connectivity index (χ1v) is 7.15. The summed E-state index contributed by atoms with van der Waals surface area (Å²) in [6, 6.07) is 3.57. The summed E-state index contributed by atoms with van der Waals surface area (Å²) < 4.78 is 10.5. The van der Waals surface area contributed by atoms with Crippen molar-refractivity contribution in [2.75, 3.05) is 13.3 Å². The van der Waals surface area contributed by atoms with Gasteiger partial charge in [0.2, 0.25) is 6.79 Å². The van der Waals surface area contributed by atoms with Crippen LogP contribution in [0.25, 0.3) is 0 Å². The van der Waals surface area contributed by atoms with Gasteiger partial charge in [-0.3, -0.25) is 5.43 Å². The molecule has 2 rings (SSSR count). The number of nitrogens with one attached hydrogen (secondary N) is 2. The van der Waals surface area contributed by atoms with Crippen LogP contribution in [0.2, 0.25) is 5.02 Å². The number of hydrogen-bond acceptors (Lipinski definition) is 4. The topological polar surface area (TPSA) is 54.9 Å². The Kier molecular flexibility index (Phi) is 5.43. The second-order valence-corrected chi connectivity index (χ2v) is 5.03. The van der Waals surface area contributed by atoms with Gasteiger partial charge in [0.1, 0.15) is 0 Å². The zero-order valence-corrected chi connectivity index (χ0v) is 12.7. The highest BCUT2D eigenvalue weighted by Crippen LogP contribution is 2.39. The lowest BCUT2D eigenvalue weighted by atomic mass is 10.2. The van der Waals surface area contributed by atoms with Crippen molar-refractivity contribution in [2.45, 2.75) is 19.8 Å². The van der Waals surface area contributed by atoms with Gasteiger partial charge in [0, 0.05) is 6.54 Å². The number of benzene rings is 1. The lowest BCUT2D eigenvalue weighted by molar-refractivity contribution is 0.174. The zero-order valence-electron chi connectivity index (χ0n) is 11.1. The van der Waals surface area contributed by atoms with Gasteiger partial charge >= 0.3 is 0 Å². The number of unbranched alkanes of at least 4 members (excludes halogenated alkanes) is 1. The fourth-order valence-electron chi connectivity index (χ4n) is 1.65. The third-order valence-corrected chi connectivity index (χ3v) is 3.16. The predicted molar refractivity (Wildman–Crippen MR) is 83.8 cm³/mol. The summed E-state index contributed by atoms with van der Waals surface area (Å²) in [7, 11) is 0. The Morgan fingerprint density at radius 3 is 3.15 bits per heavy atom. The van der Waals surface area contributed by atoms with E-state index in [0.717, 1.165) is 24.9 Å². The van der Waals surface area contributed by atoms with Gasteiger partial charge in [-0.1, -0.05) is 24.9 Å². The molecule has 5 nitrogen and oxygen atoms in total. The van der Waals surface area contributed by atoms with Crippen LogP contribution in [-0.2, 0) is 0 Å². The Labute approximate surface area is 128 Å². The second-order valence-electron chi connectivity index (χ2n) is 4.22. The van der Waals surface area contributed by atoms with Gasteiger partial charge in [0.05, 0.1) is 11.2 Å². The smallest absolute Gasteiger partial charge is 0.231 e. The number of hydrazone groups is 1. The number of nitrogens with zero attached hydrogens (tertiary/aromatic N) is 1. The molecule has 0 saturated carbocycles. The number of thiocarbonyl (C=S) groups is 1. The molecule has 1 aromatic carbocycles. The number of halogens is 1. The van der Waals surface area contributed by atoms with Crippen molar-refractivity contribution in [1.82, 2.24) is 10.7 Å². The zero-order chi connectivity index (χ0) is 14.4. The van der Waals surface area contributed by atoms with Gasteiger partial charge in [-0.05, 0) is 36.3 Å². The second kappa shape index (κ2) is 7.31. The van der Waals surface area contributed by atoms with Crippen LogP contribution in [0.15, 0.2) is 17.2 Å². The first kappa shape index (κ1) is 14.9. The van der Waals surface area contributed by atoms with Crippen molar-refractivity contribution in [2.24, 2.45) is 5.10 Å². The predicted octanol–water partition coefficient (Wildman–Crippen LogP) is 2.67. The molecule has 0 atom stereocenters. The van der Waals surface area contributed by atoms with Crippen molar-refractivity contribution in [3.8, 4) is 11.5 Å². The maximum absolute atomic E-state index is 6.08. The minimum Gasteiger partial charge on any atom is -0.454 e. The van der Waals surface area contributed by atoms with Gasteiger partial charge in [-0.25, -0.2) is 0 Å². The summed E-state index contributed by atoms with van der Waals surface area (Å²) in [6.07, 6.45) is 3.82. The first-order chi connectivity index (χ1) is 9.70. The van der Waals surface area contributed by atoms with E-state index in [4.69, 9.17) is 33.3 Å². The molecule has 2 N–H and O–H groups in total. The highest BCUT2D eigenvalue weighted by atomic mass is 35.5. The lowest BCUT2D eigenvalue weighted by Crippen LogP contribution is -2.32. The van der Waals surface area contributed by atoms with Gasteiger partial charge in [-0.15, -0.1) is 0 Å². The van der Waals surface area contributed by atoms with Crippen molar-refractivity contribution in [1.29, 1.82) is 0 Å². The van der Waals surface area contributed by atoms with Crippen molar-refractivity contribution in [3.63, 3.8) is 0 Å². The largest absolute Gasteiger partial charge is 0.454 e. The molecule has 1 heterocycles. The normalized spacial score (nSPS) is 12.7. The summed E-state index contributed by atoms with van der Waals surface area (Å²) in [5.74, 6) is 1.20. The third kappa shape index (κ3) is 3.98. The summed E-state index contributed by atoms with van der Waals surface area (Å²) >= 11 is 11.2. The van der Waals surface area contributed by atoms with E-state index in [-0.39, 0.29) is 6.79 Å². The molecule has 0 radical (unpaired) electrons. The molecule has 0 aliphatic carbocycles. The number of rotatable bonds is 5. The summed E-state index contributed by atoms with van der Waals surface area (Å²) in [4.78, 5) is 0. The average Bonchev–Trinajstić information content (AvgIpc) is 2.88. The number of ether oxygens (including phenoxy) is 2. The van der Waals surface area contributed by atoms with E-state index in [1.165, 1.54) is 0 Å². The standard InChI is InChI=1S/C13H16ClN3O2S/c1-2-3-4-15-13(20)17-16-7-9-5-10(14)12-11(6-9)18-8-19-12/h5-7H,2-4,8H2,1H3,(H2,15,17,20)/b16-7-. The summed E-state index contributed by atoms with van der Waals surface area (Å²) in [5, 5.41) is 8.12. The molecule has 20 heavy (non-hydrogen) atoms. The van der Waals surface area contributed by atoms with Gasteiger partial charge in [0.25, 0.3) is 0 Å². The lowest BCUT2D eigenvalue weighted by Gasteiger charge is -2.05. The molecular weight excluding hydrogens is 298 g/mol. The molecule has 7 heteroatoms. The molecule has 0 spiro atoms. The molecule has 0 amide bonds. The minimum absolute atomic E-state index is 0.194. The highest BCUT2D eigenvalue weighted by molar-refractivity contribution is 7.80. The van der Waals surface area contributed by atoms with E-state index in [1.807, 2.05) is 6.07 Å². The Morgan fingerprint density at radius 2 is 2.35 bits per heavy atom. The van der Waals surface area contributed by atoms with Crippen LogP contribution in [0, 0.1) is 0 Å². The van der Waals surface area contributed by atoms with Crippen molar-refractivity contribution < 1.29 is 9.47 Å². The third-order valence-electron chi connectivity index (χ3n) is 2.65. The van der Waals surface area contributed by atoms with E-state index < -0.39 is 0 Å². The summed E-state index contributed by atoms with van der Waals surface area (Å²) in [6.45, 7) is 3.16. The average molecular weight is 314 g/mol. The monoisotopic (exact) mass is 313 g/mol. The fourth-order valence-corrected chi connectivity index (χ4v) is 2.07. The van der Waals surface area contributed by atoms with E-state index in [0.29, 0.717) is 21.6 Å². The van der Waals surface area contributed by atoms with Crippen LogP contribution < -0.4 is 20.2 Å². The van der Waals surface area contributed by atoms with Crippen LogP contribution >= 0.6 is 23.8 Å². The Balaban J connectivity index is 1.88. The molecule has 0 saturated heterocycles. The highest BCUT2D eigenvalue weighted by Gasteiger charge is 2.17. The first-order valence-electron chi connectivity index (χ1n) is 6.36. The van der Waals surface area contributed by atoms with Crippen molar-refractivity contribution >= 4 is 35.1 Å². The summed E-state index contributed by atoms with van der Waals surface area (Å²) in [5.41, 5.74) is 3.56. The minimum atomic E-state index is 0.194. The van der Waals surface area contributed by atoms with Crippen molar-refractivity contribution in [3.05, 3.63) is 22.7 Å². The molecular formula is C13H16ClN3O2S. The van der Waals surface area contributed by atoms with Gasteiger partial charge < -0.3 is 14.8 Å².